The second kappa shape index (κ2) is 8.38. The smallest absolute Gasteiger partial charge is 0.179 e. The zero-order valence-corrected chi connectivity index (χ0v) is 13.9. The highest BCUT2D eigenvalue weighted by molar-refractivity contribution is 6.32. The number of nitrogens with one attached hydrogen (secondary N) is 1. The zero-order chi connectivity index (χ0) is 15.1. The van der Waals surface area contributed by atoms with Gasteiger partial charge in [-0.25, -0.2) is 0 Å². The van der Waals surface area contributed by atoms with E-state index in [2.05, 4.69) is 33.0 Å². The lowest BCUT2D eigenvalue weighted by Gasteiger charge is -2.16. The van der Waals surface area contributed by atoms with Crippen molar-refractivity contribution < 1.29 is 9.47 Å². The number of ether oxygens (including phenoxy) is 2. The molecule has 0 fully saturated rings. The van der Waals surface area contributed by atoms with Crippen molar-refractivity contribution in [1.82, 2.24) is 5.32 Å². The predicted octanol–water partition coefficient (Wildman–Crippen LogP) is 4.27. The molecule has 0 spiro atoms. The third-order valence-corrected chi connectivity index (χ3v) is 3.23. The Kier molecular flexibility index (Phi) is 7.17. The molecule has 0 radical (unpaired) electrons. The molecular formula is C16H26ClNO2. The monoisotopic (exact) mass is 299 g/mol. The highest BCUT2D eigenvalue weighted by Crippen LogP contribution is 2.36. The van der Waals surface area contributed by atoms with Crippen LogP contribution in [-0.2, 0) is 6.54 Å². The molecule has 0 aliphatic carbocycles. The van der Waals surface area contributed by atoms with Crippen LogP contribution in [-0.4, -0.2) is 19.8 Å². The highest BCUT2D eigenvalue weighted by atomic mass is 35.5. The zero-order valence-electron chi connectivity index (χ0n) is 13.1. The van der Waals surface area contributed by atoms with E-state index in [9.17, 15) is 0 Å². The first-order valence-corrected chi connectivity index (χ1v) is 7.54. The lowest BCUT2D eigenvalue weighted by molar-refractivity contribution is 0.273. The normalized spacial score (nSPS) is 11.2. The fourth-order valence-corrected chi connectivity index (χ4v) is 2.02. The molecule has 114 valence electrons. The van der Waals surface area contributed by atoms with E-state index in [4.69, 9.17) is 21.1 Å². The average molecular weight is 300 g/mol. The van der Waals surface area contributed by atoms with Gasteiger partial charge in [0.2, 0.25) is 0 Å². The van der Waals surface area contributed by atoms with E-state index >= 15 is 0 Å². The molecule has 1 aromatic rings. The number of hydrogen-bond acceptors (Lipinski definition) is 3. The summed E-state index contributed by atoms with van der Waals surface area (Å²) in [5, 5.41) is 3.97. The summed E-state index contributed by atoms with van der Waals surface area (Å²) in [5.74, 6) is 1.94. The molecule has 4 heteroatoms. The van der Waals surface area contributed by atoms with Crippen molar-refractivity contribution in [2.24, 2.45) is 5.92 Å². The average Bonchev–Trinajstić information content (AvgIpc) is 2.37. The van der Waals surface area contributed by atoms with Gasteiger partial charge in [-0.15, -0.1) is 0 Å². The largest absolute Gasteiger partial charge is 0.493 e. The molecule has 0 amide bonds. The lowest BCUT2D eigenvalue weighted by atomic mass is 10.1. The second-order valence-electron chi connectivity index (χ2n) is 5.68. The van der Waals surface area contributed by atoms with Crippen LogP contribution >= 0.6 is 11.6 Å². The highest BCUT2D eigenvalue weighted by Gasteiger charge is 2.12. The minimum atomic E-state index is 0.432. The minimum absolute atomic E-state index is 0.432. The number of halogens is 1. The fraction of sp³-hybridized carbons (Fsp3) is 0.625. The first-order chi connectivity index (χ1) is 9.43. The van der Waals surface area contributed by atoms with Crippen molar-refractivity contribution in [3.05, 3.63) is 22.7 Å². The Morgan fingerprint density at radius 3 is 2.45 bits per heavy atom. The van der Waals surface area contributed by atoms with Gasteiger partial charge in [0.15, 0.2) is 11.5 Å². The molecule has 1 rings (SSSR count). The van der Waals surface area contributed by atoms with Gasteiger partial charge in [0.1, 0.15) is 0 Å². The van der Waals surface area contributed by atoms with Crippen LogP contribution in [0.5, 0.6) is 11.5 Å². The van der Waals surface area contributed by atoms with Crippen molar-refractivity contribution >= 4 is 11.6 Å². The number of rotatable bonds is 8. The Morgan fingerprint density at radius 1 is 1.20 bits per heavy atom. The van der Waals surface area contributed by atoms with E-state index in [0.29, 0.717) is 35.1 Å². The maximum Gasteiger partial charge on any atom is 0.179 e. The molecular weight excluding hydrogens is 274 g/mol. The Balaban J connectivity index is 2.79. The molecule has 0 bridgehead atoms. The van der Waals surface area contributed by atoms with Crippen molar-refractivity contribution in [1.29, 1.82) is 0 Å². The summed E-state index contributed by atoms with van der Waals surface area (Å²) in [6.45, 7) is 9.98. The Labute approximate surface area is 127 Å². The molecule has 0 saturated carbocycles. The summed E-state index contributed by atoms with van der Waals surface area (Å²) in [7, 11) is 1.64. The molecule has 0 aliphatic heterocycles. The van der Waals surface area contributed by atoms with Gasteiger partial charge < -0.3 is 14.8 Å². The maximum absolute atomic E-state index is 6.31. The first-order valence-electron chi connectivity index (χ1n) is 7.16. The molecule has 0 heterocycles. The molecule has 20 heavy (non-hydrogen) atoms. The van der Waals surface area contributed by atoms with Crippen molar-refractivity contribution in [2.75, 3.05) is 13.7 Å². The summed E-state index contributed by atoms with van der Waals surface area (Å²) in [6, 6.07) is 4.34. The van der Waals surface area contributed by atoms with Crippen LogP contribution in [0, 0.1) is 5.92 Å². The summed E-state index contributed by atoms with van der Waals surface area (Å²) in [4.78, 5) is 0. The lowest BCUT2D eigenvalue weighted by Crippen LogP contribution is -2.21. The van der Waals surface area contributed by atoms with Gasteiger partial charge in [-0.2, -0.15) is 0 Å². The summed E-state index contributed by atoms with van der Waals surface area (Å²) in [5.41, 5.74) is 1.09. The summed E-state index contributed by atoms with van der Waals surface area (Å²) in [6.07, 6.45) is 0.996. The second-order valence-corrected chi connectivity index (χ2v) is 6.08. The molecule has 3 nitrogen and oxygen atoms in total. The van der Waals surface area contributed by atoms with Gasteiger partial charge in [-0.05, 0) is 30.0 Å². The molecule has 0 atom stereocenters. The fourth-order valence-electron chi connectivity index (χ4n) is 1.73. The Hall–Kier alpha value is -0.930. The molecule has 0 aliphatic rings. The van der Waals surface area contributed by atoms with E-state index in [1.54, 1.807) is 7.11 Å². The standard InChI is InChI=1S/C16H26ClNO2/c1-11(2)6-7-20-16-14(17)8-13(9-15(16)19-5)10-18-12(3)4/h8-9,11-12,18H,6-7,10H2,1-5H3. The third-order valence-electron chi connectivity index (χ3n) is 2.95. The van der Waals surface area contributed by atoms with Crippen molar-refractivity contribution in [3.63, 3.8) is 0 Å². The van der Waals surface area contributed by atoms with E-state index in [0.717, 1.165) is 18.5 Å². The van der Waals surface area contributed by atoms with Crippen LogP contribution in [0.2, 0.25) is 5.02 Å². The van der Waals surface area contributed by atoms with Crippen LogP contribution in [0.3, 0.4) is 0 Å². The van der Waals surface area contributed by atoms with Gasteiger partial charge in [0.25, 0.3) is 0 Å². The minimum Gasteiger partial charge on any atom is -0.493 e. The maximum atomic E-state index is 6.31. The van der Waals surface area contributed by atoms with Gasteiger partial charge >= 0.3 is 0 Å². The Morgan fingerprint density at radius 2 is 1.90 bits per heavy atom. The van der Waals surface area contributed by atoms with Gasteiger partial charge in [0.05, 0.1) is 18.7 Å². The number of hydrogen-bond donors (Lipinski definition) is 1. The molecule has 0 saturated heterocycles. The van der Waals surface area contributed by atoms with Crippen LogP contribution in [0.25, 0.3) is 0 Å². The number of benzene rings is 1. The molecule has 1 N–H and O–H groups in total. The van der Waals surface area contributed by atoms with Crippen LogP contribution in [0.1, 0.15) is 39.7 Å². The van der Waals surface area contributed by atoms with Crippen molar-refractivity contribution in [3.8, 4) is 11.5 Å². The first kappa shape index (κ1) is 17.1. The van der Waals surface area contributed by atoms with Gasteiger partial charge in [-0.3, -0.25) is 0 Å². The molecule has 1 aromatic carbocycles. The van der Waals surface area contributed by atoms with Crippen LogP contribution in [0.4, 0.5) is 0 Å². The third kappa shape index (κ3) is 5.59. The topological polar surface area (TPSA) is 30.5 Å². The molecule has 0 aromatic heterocycles. The van der Waals surface area contributed by atoms with E-state index in [-0.39, 0.29) is 0 Å². The quantitative estimate of drug-likeness (QED) is 0.777. The Bertz CT molecular complexity index is 419. The summed E-state index contributed by atoms with van der Waals surface area (Å²) >= 11 is 6.31. The van der Waals surface area contributed by atoms with Gasteiger partial charge in [0, 0.05) is 12.6 Å². The van der Waals surface area contributed by atoms with E-state index in [1.165, 1.54) is 0 Å². The predicted molar refractivity (Wildman–Crippen MR) is 84.9 cm³/mol. The van der Waals surface area contributed by atoms with E-state index in [1.807, 2.05) is 12.1 Å². The van der Waals surface area contributed by atoms with Crippen LogP contribution in [0.15, 0.2) is 12.1 Å². The van der Waals surface area contributed by atoms with E-state index < -0.39 is 0 Å². The summed E-state index contributed by atoms with van der Waals surface area (Å²) < 4.78 is 11.2. The van der Waals surface area contributed by atoms with Crippen molar-refractivity contribution in [2.45, 2.75) is 46.7 Å². The van der Waals surface area contributed by atoms with Crippen LogP contribution < -0.4 is 14.8 Å². The van der Waals surface area contributed by atoms with Gasteiger partial charge in [-0.1, -0.05) is 39.3 Å². The molecule has 0 unspecified atom stereocenters. The SMILES string of the molecule is COc1cc(CNC(C)C)cc(Cl)c1OCCC(C)C. The number of methoxy groups -OCH3 is 1.